The van der Waals surface area contributed by atoms with Crippen molar-refractivity contribution >= 4 is 27.4 Å². The van der Waals surface area contributed by atoms with E-state index in [0.29, 0.717) is 6.54 Å². The maximum atomic E-state index is 5.47. The normalized spacial score (nSPS) is 17.3. The lowest BCUT2D eigenvalue weighted by molar-refractivity contribution is 0.0331. The summed E-state index contributed by atoms with van der Waals surface area (Å²) in [5, 5.41) is 13.0. The Morgan fingerprint density at radius 1 is 1.21 bits per heavy atom. The van der Waals surface area contributed by atoms with Gasteiger partial charge in [-0.3, -0.25) is 4.90 Å². The predicted molar refractivity (Wildman–Crippen MR) is 109 cm³/mol. The number of morpholine rings is 1. The lowest BCUT2D eigenvalue weighted by Crippen LogP contribution is -2.36. The van der Waals surface area contributed by atoms with Crippen LogP contribution in [0.3, 0.4) is 0 Å². The summed E-state index contributed by atoms with van der Waals surface area (Å²) in [5.41, 5.74) is 1.44. The van der Waals surface area contributed by atoms with Gasteiger partial charge in [-0.2, -0.15) is 0 Å². The van der Waals surface area contributed by atoms with Gasteiger partial charge < -0.3 is 14.6 Å². The van der Waals surface area contributed by atoms with Gasteiger partial charge in [0.05, 0.1) is 31.7 Å². The van der Waals surface area contributed by atoms with Crippen LogP contribution in [0, 0.1) is 0 Å². The monoisotopic (exact) mass is 399 g/mol. The van der Waals surface area contributed by atoms with Gasteiger partial charge in [0.15, 0.2) is 5.82 Å². The van der Waals surface area contributed by atoms with Crippen LogP contribution in [0.25, 0.3) is 10.2 Å². The average molecular weight is 400 g/mol. The molecule has 0 aromatic carbocycles. The average Bonchev–Trinajstić information content (AvgIpc) is 3.42. The van der Waals surface area contributed by atoms with Gasteiger partial charge in [0, 0.05) is 24.5 Å². The molecular formula is C19H25N7OS. The molecule has 2 aliphatic rings. The molecule has 0 spiro atoms. The Labute approximate surface area is 168 Å². The van der Waals surface area contributed by atoms with E-state index in [2.05, 4.69) is 31.9 Å². The number of thiophene rings is 1. The van der Waals surface area contributed by atoms with Crippen molar-refractivity contribution in [3.63, 3.8) is 0 Å². The lowest BCUT2D eigenvalue weighted by atomic mass is 10.2. The Kier molecular flexibility index (Phi) is 4.96. The number of rotatable bonds is 6. The molecule has 0 amide bonds. The highest BCUT2D eigenvalue weighted by atomic mass is 32.1. The summed E-state index contributed by atoms with van der Waals surface area (Å²) < 4.78 is 7.52. The Hall–Kier alpha value is -2.10. The number of anilines is 1. The molecule has 8 nitrogen and oxygen atoms in total. The molecule has 1 N–H and O–H groups in total. The van der Waals surface area contributed by atoms with E-state index in [1.54, 1.807) is 6.33 Å². The maximum Gasteiger partial charge on any atom is 0.152 e. The van der Waals surface area contributed by atoms with Crippen molar-refractivity contribution in [2.75, 3.05) is 31.6 Å². The van der Waals surface area contributed by atoms with E-state index >= 15 is 0 Å². The highest BCUT2D eigenvalue weighted by molar-refractivity contribution is 7.19. The molecule has 28 heavy (non-hydrogen) atoms. The molecular weight excluding hydrogens is 374 g/mol. The largest absolute Gasteiger partial charge is 0.379 e. The molecule has 0 atom stereocenters. The minimum atomic E-state index is 0.613. The fourth-order valence-electron chi connectivity index (χ4n) is 4.04. The van der Waals surface area contributed by atoms with Crippen molar-refractivity contribution < 1.29 is 4.74 Å². The van der Waals surface area contributed by atoms with Crippen LogP contribution in [-0.4, -0.2) is 55.9 Å². The van der Waals surface area contributed by atoms with Gasteiger partial charge in [0.25, 0.3) is 0 Å². The smallest absolute Gasteiger partial charge is 0.152 e. The molecule has 3 aromatic heterocycles. The zero-order chi connectivity index (χ0) is 18.9. The fraction of sp³-hybridized carbons (Fsp3) is 0.579. The molecule has 3 aromatic rings. The molecule has 1 aliphatic heterocycles. The molecule has 0 bridgehead atoms. The molecule has 148 valence electrons. The first-order valence-corrected chi connectivity index (χ1v) is 10.8. The van der Waals surface area contributed by atoms with E-state index in [9.17, 15) is 0 Å². The highest BCUT2D eigenvalue weighted by Crippen LogP contribution is 2.39. The molecule has 1 saturated heterocycles. The number of aromatic nitrogens is 5. The van der Waals surface area contributed by atoms with Crippen molar-refractivity contribution in [1.82, 2.24) is 29.6 Å². The number of nitrogens with zero attached hydrogens (tertiary/aromatic N) is 6. The predicted octanol–water partition coefficient (Wildman–Crippen LogP) is 2.24. The molecule has 9 heteroatoms. The molecule has 0 radical (unpaired) electrons. The third-order valence-electron chi connectivity index (χ3n) is 5.53. The fourth-order valence-corrected chi connectivity index (χ4v) is 5.32. The third kappa shape index (κ3) is 3.38. The van der Waals surface area contributed by atoms with Gasteiger partial charge in [-0.05, 0) is 31.7 Å². The summed E-state index contributed by atoms with van der Waals surface area (Å²) in [6.45, 7) is 7.78. The van der Waals surface area contributed by atoms with Crippen molar-refractivity contribution in [3.8, 4) is 0 Å². The van der Waals surface area contributed by atoms with Gasteiger partial charge in [-0.1, -0.05) is 0 Å². The van der Waals surface area contributed by atoms with Gasteiger partial charge in [-0.25, -0.2) is 9.97 Å². The van der Waals surface area contributed by atoms with Gasteiger partial charge in [0.1, 0.15) is 22.8 Å². The lowest BCUT2D eigenvalue weighted by Gasteiger charge is -2.25. The van der Waals surface area contributed by atoms with Crippen LogP contribution < -0.4 is 5.32 Å². The highest BCUT2D eigenvalue weighted by Gasteiger charge is 2.23. The number of hydrogen-bond acceptors (Lipinski definition) is 8. The first-order chi connectivity index (χ1) is 13.8. The SMILES string of the molecule is CCn1cnnc1CNc1nc(CN2CCOCC2)nc2sc3c(c12)CCC3. The van der Waals surface area contributed by atoms with Crippen LogP contribution in [0.5, 0.6) is 0 Å². The molecule has 4 heterocycles. The maximum absolute atomic E-state index is 5.47. The Morgan fingerprint density at radius 2 is 2.11 bits per heavy atom. The zero-order valence-corrected chi connectivity index (χ0v) is 17.0. The van der Waals surface area contributed by atoms with Crippen molar-refractivity contribution in [2.45, 2.75) is 45.8 Å². The van der Waals surface area contributed by atoms with E-state index in [4.69, 9.17) is 14.7 Å². The molecule has 1 aliphatic carbocycles. The molecule has 5 rings (SSSR count). The van der Waals surface area contributed by atoms with E-state index in [1.807, 2.05) is 11.3 Å². The number of aryl methyl sites for hydroxylation is 3. The molecule has 1 fully saturated rings. The Morgan fingerprint density at radius 3 is 2.96 bits per heavy atom. The first kappa shape index (κ1) is 18.0. The van der Waals surface area contributed by atoms with Crippen LogP contribution in [0.15, 0.2) is 6.33 Å². The van der Waals surface area contributed by atoms with Gasteiger partial charge in [0.2, 0.25) is 0 Å². The summed E-state index contributed by atoms with van der Waals surface area (Å²) >= 11 is 1.84. The third-order valence-corrected chi connectivity index (χ3v) is 6.72. The summed E-state index contributed by atoms with van der Waals surface area (Å²) in [6, 6.07) is 0. The number of fused-ring (bicyclic) bond motifs is 3. The second-order valence-corrected chi connectivity index (χ2v) is 8.38. The van der Waals surface area contributed by atoms with Gasteiger partial charge in [-0.15, -0.1) is 21.5 Å². The number of nitrogens with one attached hydrogen (secondary N) is 1. The minimum Gasteiger partial charge on any atom is -0.379 e. The minimum absolute atomic E-state index is 0.613. The van der Waals surface area contributed by atoms with E-state index < -0.39 is 0 Å². The van der Waals surface area contributed by atoms with Crippen LogP contribution >= 0.6 is 11.3 Å². The Bertz CT molecular complexity index is 976. The quantitative estimate of drug-likeness (QED) is 0.681. The standard InChI is InChI=1S/C19H25N7OS/c1-2-26-12-21-24-16(26)10-20-18-17-13-4-3-5-14(13)28-19(17)23-15(22-18)11-25-6-8-27-9-7-25/h12H,2-11H2,1H3,(H,20,22,23). The van der Waals surface area contributed by atoms with Crippen LogP contribution in [0.2, 0.25) is 0 Å². The summed E-state index contributed by atoms with van der Waals surface area (Å²) in [5.74, 6) is 2.75. The zero-order valence-electron chi connectivity index (χ0n) is 16.1. The van der Waals surface area contributed by atoms with Gasteiger partial charge >= 0.3 is 0 Å². The van der Waals surface area contributed by atoms with Crippen LogP contribution in [0.4, 0.5) is 5.82 Å². The molecule has 0 unspecified atom stereocenters. The van der Waals surface area contributed by atoms with Crippen molar-refractivity contribution in [2.24, 2.45) is 0 Å². The van der Waals surface area contributed by atoms with Crippen molar-refractivity contribution in [3.05, 3.63) is 28.4 Å². The van der Waals surface area contributed by atoms with E-state index in [1.165, 1.54) is 28.7 Å². The topological polar surface area (TPSA) is 81.0 Å². The van der Waals surface area contributed by atoms with Crippen molar-refractivity contribution in [1.29, 1.82) is 0 Å². The summed E-state index contributed by atoms with van der Waals surface area (Å²) in [7, 11) is 0. The second kappa shape index (κ2) is 7.73. The first-order valence-electron chi connectivity index (χ1n) is 10.0. The van der Waals surface area contributed by atoms with Crippen LogP contribution in [0.1, 0.15) is 35.4 Å². The van der Waals surface area contributed by atoms with E-state index in [-0.39, 0.29) is 0 Å². The number of ether oxygens (including phenoxy) is 1. The summed E-state index contributed by atoms with van der Waals surface area (Å²) in [6.07, 6.45) is 5.30. The number of hydrogen-bond donors (Lipinski definition) is 1. The Balaban J connectivity index is 1.47. The molecule has 0 saturated carbocycles. The second-order valence-electron chi connectivity index (χ2n) is 7.30. The van der Waals surface area contributed by atoms with Crippen LogP contribution in [-0.2, 0) is 37.2 Å². The summed E-state index contributed by atoms with van der Waals surface area (Å²) in [4.78, 5) is 14.8. The van der Waals surface area contributed by atoms with E-state index in [0.717, 1.165) is 68.1 Å².